The SMILES string of the molecule is Cn1c(C(N)C2CC2)nc2ccncc21. The van der Waals surface area contributed by atoms with Crippen molar-refractivity contribution in [3.05, 3.63) is 24.3 Å². The van der Waals surface area contributed by atoms with E-state index in [1.165, 1.54) is 12.8 Å². The van der Waals surface area contributed by atoms with Gasteiger partial charge in [-0.3, -0.25) is 4.98 Å². The molecule has 0 aliphatic heterocycles. The van der Waals surface area contributed by atoms with Crippen LogP contribution in [-0.2, 0) is 7.05 Å². The molecule has 4 nitrogen and oxygen atoms in total. The number of fused-ring (bicyclic) bond motifs is 1. The van der Waals surface area contributed by atoms with E-state index in [4.69, 9.17) is 5.73 Å². The number of pyridine rings is 1. The fourth-order valence-corrected chi connectivity index (χ4v) is 2.02. The first-order valence-corrected chi connectivity index (χ1v) is 5.29. The Hall–Kier alpha value is -1.42. The molecular formula is C11H14N4. The van der Waals surface area contributed by atoms with E-state index in [1.54, 1.807) is 6.20 Å². The van der Waals surface area contributed by atoms with Crippen LogP contribution in [0.5, 0.6) is 0 Å². The van der Waals surface area contributed by atoms with Crippen molar-refractivity contribution in [2.24, 2.45) is 18.7 Å². The van der Waals surface area contributed by atoms with Crippen LogP contribution in [0.4, 0.5) is 0 Å². The summed E-state index contributed by atoms with van der Waals surface area (Å²) in [6.45, 7) is 0. The Bertz CT molecular complexity index is 498. The molecule has 3 rings (SSSR count). The summed E-state index contributed by atoms with van der Waals surface area (Å²) >= 11 is 0. The maximum absolute atomic E-state index is 6.16. The molecule has 1 aliphatic rings. The lowest BCUT2D eigenvalue weighted by atomic mass is 10.2. The van der Waals surface area contributed by atoms with E-state index in [0.717, 1.165) is 16.9 Å². The lowest BCUT2D eigenvalue weighted by molar-refractivity contribution is 0.574. The van der Waals surface area contributed by atoms with Crippen LogP contribution in [0.25, 0.3) is 11.0 Å². The van der Waals surface area contributed by atoms with Gasteiger partial charge in [0.25, 0.3) is 0 Å². The first-order chi connectivity index (χ1) is 7.27. The quantitative estimate of drug-likeness (QED) is 0.800. The molecule has 15 heavy (non-hydrogen) atoms. The predicted molar refractivity (Wildman–Crippen MR) is 58.2 cm³/mol. The average molecular weight is 202 g/mol. The number of rotatable bonds is 2. The fraction of sp³-hybridized carbons (Fsp3) is 0.455. The number of imidazole rings is 1. The van der Waals surface area contributed by atoms with Gasteiger partial charge >= 0.3 is 0 Å². The third-order valence-electron chi connectivity index (χ3n) is 3.15. The minimum atomic E-state index is 0.0856. The van der Waals surface area contributed by atoms with Crippen molar-refractivity contribution >= 4 is 11.0 Å². The summed E-state index contributed by atoms with van der Waals surface area (Å²) in [5.74, 6) is 1.62. The van der Waals surface area contributed by atoms with Crippen LogP contribution in [0.1, 0.15) is 24.7 Å². The number of nitrogens with zero attached hydrogens (tertiary/aromatic N) is 3. The van der Waals surface area contributed by atoms with E-state index < -0.39 is 0 Å². The van der Waals surface area contributed by atoms with Crippen LogP contribution in [0, 0.1) is 5.92 Å². The van der Waals surface area contributed by atoms with Crippen molar-refractivity contribution in [2.45, 2.75) is 18.9 Å². The Morgan fingerprint density at radius 2 is 2.33 bits per heavy atom. The Morgan fingerprint density at radius 1 is 1.53 bits per heavy atom. The van der Waals surface area contributed by atoms with Crippen molar-refractivity contribution in [1.82, 2.24) is 14.5 Å². The van der Waals surface area contributed by atoms with E-state index in [-0.39, 0.29) is 6.04 Å². The molecule has 2 aromatic rings. The molecule has 1 aliphatic carbocycles. The van der Waals surface area contributed by atoms with Crippen molar-refractivity contribution in [2.75, 3.05) is 0 Å². The molecule has 0 aromatic carbocycles. The zero-order valence-electron chi connectivity index (χ0n) is 8.72. The van der Waals surface area contributed by atoms with Crippen molar-refractivity contribution in [3.8, 4) is 0 Å². The highest BCUT2D eigenvalue weighted by Crippen LogP contribution is 2.39. The van der Waals surface area contributed by atoms with Crippen LogP contribution < -0.4 is 5.73 Å². The Kier molecular flexibility index (Phi) is 1.79. The van der Waals surface area contributed by atoms with Gasteiger partial charge in [0.05, 0.1) is 23.3 Å². The van der Waals surface area contributed by atoms with Gasteiger partial charge in [-0.05, 0) is 24.8 Å². The molecule has 2 heterocycles. The van der Waals surface area contributed by atoms with Crippen LogP contribution in [0.2, 0.25) is 0 Å². The van der Waals surface area contributed by atoms with E-state index >= 15 is 0 Å². The van der Waals surface area contributed by atoms with Crippen LogP contribution in [-0.4, -0.2) is 14.5 Å². The number of hydrogen-bond donors (Lipinski definition) is 1. The molecule has 4 heteroatoms. The second-order valence-electron chi connectivity index (χ2n) is 4.26. The van der Waals surface area contributed by atoms with Crippen LogP contribution in [0.15, 0.2) is 18.5 Å². The van der Waals surface area contributed by atoms with Gasteiger partial charge in [0.15, 0.2) is 0 Å². The maximum Gasteiger partial charge on any atom is 0.126 e. The molecule has 0 radical (unpaired) electrons. The largest absolute Gasteiger partial charge is 0.329 e. The standard InChI is InChI=1S/C11H14N4/c1-15-9-6-13-5-4-8(9)14-11(15)10(12)7-2-3-7/h4-7,10H,2-3,12H2,1H3. The van der Waals surface area contributed by atoms with Crippen LogP contribution >= 0.6 is 0 Å². The highest BCUT2D eigenvalue weighted by atomic mass is 15.1. The van der Waals surface area contributed by atoms with Gasteiger partial charge < -0.3 is 10.3 Å². The zero-order chi connectivity index (χ0) is 10.4. The first kappa shape index (κ1) is 8.85. The second kappa shape index (κ2) is 3.03. The number of nitrogens with two attached hydrogens (primary N) is 1. The maximum atomic E-state index is 6.16. The molecule has 78 valence electrons. The van der Waals surface area contributed by atoms with Gasteiger partial charge in [0.1, 0.15) is 5.82 Å². The van der Waals surface area contributed by atoms with Gasteiger partial charge in [-0.25, -0.2) is 4.98 Å². The highest BCUT2D eigenvalue weighted by molar-refractivity contribution is 5.74. The molecule has 2 aromatic heterocycles. The second-order valence-corrected chi connectivity index (χ2v) is 4.26. The summed E-state index contributed by atoms with van der Waals surface area (Å²) in [6, 6.07) is 2.01. The van der Waals surface area contributed by atoms with E-state index in [2.05, 4.69) is 14.5 Å². The van der Waals surface area contributed by atoms with Gasteiger partial charge in [0.2, 0.25) is 0 Å². The summed E-state index contributed by atoms with van der Waals surface area (Å²) < 4.78 is 2.06. The monoisotopic (exact) mass is 202 g/mol. The molecule has 0 amide bonds. The molecular weight excluding hydrogens is 188 g/mol. The van der Waals surface area contributed by atoms with Crippen LogP contribution in [0.3, 0.4) is 0 Å². The number of aromatic nitrogens is 3. The fourth-order valence-electron chi connectivity index (χ4n) is 2.02. The summed E-state index contributed by atoms with van der Waals surface area (Å²) in [4.78, 5) is 8.68. The van der Waals surface area contributed by atoms with Gasteiger partial charge in [-0.1, -0.05) is 0 Å². The first-order valence-electron chi connectivity index (χ1n) is 5.29. The summed E-state index contributed by atoms with van der Waals surface area (Å²) in [7, 11) is 2.01. The number of aryl methyl sites for hydroxylation is 1. The molecule has 2 N–H and O–H groups in total. The lowest BCUT2D eigenvalue weighted by Gasteiger charge is -2.09. The van der Waals surface area contributed by atoms with E-state index in [1.807, 2.05) is 19.3 Å². The Labute approximate surface area is 88.1 Å². The van der Waals surface area contributed by atoms with Gasteiger partial charge in [-0.15, -0.1) is 0 Å². The van der Waals surface area contributed by atoms with Crippen molar-refractivity contribution < 1.29 is 0 Å². The minimum Gasteiger partial charge on any atom is -0.329 e. The van der Waals surface area contributed by atoms with Crippen molar-refractivity contribution in [1.29, 1.82) is 0 Å². The zero-order valence-corrected chi connectivity index (χ0v) is 8.72. The van der Waals surface area contributed by atoms with E-state index in [0.29, 0.717) is 5.92 Å². The highest BCUT2D eigenvalue weighted by Gasteiger charge is 2.32. The van der Waals surface area contributed by atoms with Gasteiger partial charge in [0, 0.05) is 13.2 Å². The van der Waals surface area contributed by atoms with E-state index in [9.17, 15) is 0 Å². The summed E-state index contributed by atoms with van der Waals surface area (Å²) in [6.07, 6.45) is 6.08. The molecule has 0 saturated heterocycles. The van der Waals surface area contributed by atoms with Gasteiger partial charge in [-0.2, -0.15) is 0 Å². The van der Waals surface area contributed by atoms with Crippen molar-refractivity contribution in [3.63, 3.8) is 0 Å². The molecule has 1 fully saturated rings. The third kappa shape index (κ3) is 1.33. The average Bonchev–Trinajstić information content (AvgIpc) is 3.04. The normalized spacial score (nSPS) is 18.3. The lowest BCUT2D eigenvalue weighted by Crippen LogP contribution is -2.17. The molecule has 1 atom stereocenters. The Balaban J connectivity index is 2.14. The third-order valence-corrected chi connectivity index (χ3v) is 3.15. The smallest absolute Gasteiger partial charge is 0.126 e. The predicted octanol–water partition coefficient (Wildman–Crippen LogP) is 1.38. The molecule has 1 saturated carbocycles. The topological polar surface area (TPSA) is 56.7 Å². The molecule has 1 unspecified atom stereocenters. The minimum absolute atomic E-state index is 0.0856. The Morgan fingerprint density at radius 3 is 3.00 bits per heavy atom. The molecule has 0 spiro atoms. The summed E-state index contributed by atoms with van der Waals surface area (Å²) in [5.41, 5.74) is 8.20. The molecule has 0 bridgehead atoms. The number of hydrogen-bond acceptors (Lipinski definition) is 3. The summed E-state index contributed by atoms with van der Waals surface area (Å²) in [5, 5.41) is 0.